The first kappa shape index (κ1) is 16.8. The molecule has 4 nitrogen and oxygen atoms in total. The molecule has 2 unspecified atom stereocenters. The number of benzene rings is 1. The lowest BCUT2D eigenvalue weighted by Gasteiger charge is -2.16. The Hall–Kier alpha value is -1.55. The molecule has 22 heavy (non-hydrogen) atoms. The van der Waals surface area contributed by atoms with Gasteiger partial charge in [0.25, 0.3) is 0 Å². The highest BCUT2D eigenvalue weighted by Gasteiger charge is 2.49. The van der Waals surface area contributed by atoms with Crippen LogP contribution >= 0.6 is 11.6 Å². The van der Waals surface area contributed by atoms with Gasteiger partial charge in [-0.15, -0.1) is 0 Å². The van der Waals surface area contributed by atoms with Gasteiger partial charge in [0.05, 0.1) is 11.8 Å². The fourth-order valence-electron chi connectivity index (χ4n) is 2.54. The molecule has 0 bridgehead atoms. The van der Waals surface area contributed by atoms with Gasteiger partial charge >= 0.3 is 0 Å². The van der Waals surface area contributed by atoms with Crippen molar-refractivity contribution in [1.82, 2.24) is 4.90 Å². The minimum Gasteiger partial charge on any atom is -0.346 e. The normalized spacial score (nSPS) is 19.6. The Morgan fingerprint density at radius 3 is 2.73 bits per heavy atom. The number of hydrogen-bond acceptors (Lipinski definition) is 2. The van der Waals surface area contributed by atoms with Gasteiger partial charge in [-0.2, -0.15) is 0 Å². The first-order valence-electron chi connectivity index (χ1n) is 7.76. The molecular formula is C17H23ClN2O2. The molecule has 1 N–H and O–H groups in total. The number of unbranched alkanes of at least 4 members (excludes halogenated alkanes) is 1. The van der Waals surface area contributed by atoms with Gasteiger partial charge in [-0.05, 0) is 43.5 Å². The Morgan fingerprint density at radius 2 is 2.09 bits per heavy atom. The topological polar surface area (TPSA) is 49.4 Å². The fourth-order valence-corrected chi connectivity index (χ4v) is 2.77. The van der Waals surface area contributed by atoms with Crippen LogP contribution in [0.2, 0.25) is 5.02 Å². The largest absolute Gasteiger partial charge is 0.346 e. The zero-order valence-electron chi connectivity index (χ0n) is 13.4. The second-order valence-electron chi connectivity index (χ2n) is 6.01. The highest BCUT2D eigenvalue weighted by Crippen LogP contribution is 2.41. The molecule has 2 amide bonds. The summed E-state index contributed by atoms with van der Waals surface area (Å²) in [6.07, 6.45) is 2.70. The Morgan fingerprint density at radius 1 is 1.36 bits per heavy atom. The van der Waals surface area contributed by atoms with E-state index in [0.717, 1.165) is 30.6 Å². The van der Waals surface area contributed by atoms with E-state index in [2.05, 4.69) is 12.2 Å². The van der Waals surface area contributed by atoms with Gasteiger partial charge in [0.1, 0.15) is 0 Å². The molecule has 0 saturated heterocycles. The smallest absolute Gasteiger partial charge is 0.228 e. The molecule has 1 fully saturated rings. The van der Waals surface area contributed by atoms with E-state index < -0.39 is 0 Å². The van der Waals surface area contributed by atoms with Crippen LogP contribution in [0.1, 0.15) is 31.7 Å². The van der Waals surface area contributed by atoms with E-state index in [1.54, 1.807) is 17.0 Å². The van der Waals surface area contributed by atoms with Crippen LogP contribution in [0, 0.1) is 18.8 Å². The molecule has 1 aromatic carbocycles. The van der Waals surface area contributed by atoms with Crippen molar-refractivity contribution in [2.75, 3.05) is 18.9 Å². The summed E-state index contributed by atoms with van der Waals surface area (Å²) in [6.45, 7) is 4.76. The number of halogens is 1. The second-order valence-corrected chi connectivity index (χ2v) is 6.45. The first-order valence-corrected chi connectivity index (χ1v) is 8.13. The van der Waals surface area contributed by atoms with E-state index in [4.69, 9.17) is 11.6 Å². The molecule has 1 saturated carbocycles. The molecule has 2 rings (SSSR count). The molecular weight excluding hydrogens is 300 g/mol. The Labute approximate surface area is 136 Å². The summed E-state index contributed by atoms with van der Waals surface area (Å²) < 4.78 is 0. The number of hydrogen-bond donors (Lipinski definition) is 1. The van der Waals surface area contributed by atoms with Crippen molar-refractivity contribution < 1.29 is 9.59 Å². The van der Waals surface area contributed by atoms with E-state index in [0.29, 0.717) is 11.4 Å². The zero-order valence-corrected chi connectivity index (χ0v) is 14.1. The molecule has 0 aliphatic heterocycles. The molecule has 1 aliphatic carbocycles. The quantitative estimate of drug-likeness (QED) is 0.871. The molecule has 2 atom stereocenters. The van der Waals surface area contributed by atoms with E-state index in [1.165, 1.54) is 0 Å². The zero-order chi connectivity index (χ0) is 16.3. The summed E-state index contributed by atoms with van der Waals surface area (Å²) >= 11 is 5.91. The van der Waals surface area contributed by atoms with Crippen LogP contribution in [0.25, 0.3) is 0 Å². The Bertz CT molecular complexity index is 574. The van der Waals surface area contributed by atoms with Crippen molar-refractivity contribution in [2.45, 2.75) is 33.1 Å². The number of carbonyl (C=O) groups excluding carboxylic acids is 2. The summed E-state index contributed by atoms with van der Waals surface area (Å²) in [5.74, 6) is -0.352. The van der Waals surface area contributed by atoms with E-state index in [-0.39, 0.29) is 23.7 Å². The van der Waals surface area contributed by atoms with Crippen LogP contribution in [0.5, 0.6) is 0 Å². The molecule has 0 aromatic heterocycles. The third kappa shape index (κ3) is 4.01. The number of aryl methyl sites for hydroxylation is 1. The Balaban J connectivity index is 1.89. The predicted octanol–water partition coefficient (Wildman–Crippen LogP) is 3.48. The molecule has 1 aliphatic rings. The molecule has 120 valence electrons. The minimum atomic E-state index is -0.202. The summed E-state index contributed by atoms with van der Waals surface area (Å²) in [5, 5.41) is 3.54. The van der Waals surface area contributed by atoms with Gasteiger partial charge in [0, 0.05) is 24.3 Å². The SMILES string of the molecule is CCCCN(C)C(=O)C1CC1C(=O)Nc1ccc(Cl)cc1C. The lowest BCUT2D eigenvalue weighted by Crippen LogP contribution is -2.30. The van der Waals surface area contributed by atoms with Crippen molar-refractivity contribution >= 4 is 29.1 Å². The lowest BCUT2D eigenvalue weighted by molar-refractivity contribution is -0.132. The number of nitrogens with one attached hydrogen (secondary N) is 1. The highest BCUT2D eigenvalue weighted by atomic mass is 35.5. The molecule has 0 radical (unpaired) electrons. The molecule has 0 spiro atoms. The van der Waals surface area contributed by atoms with Crippen molar-refractivity contribution in [2.24, 2.45) is 11.8 Å². The molecule has 0 heterocycles. The van der Waals surface area contributed by atoms with Gasteiger partial charge in [0.15, 0.2) is 0 Å². The predicted molar refractivity (Wildman–Crippen MR) is 89.0 cm³/mol. The third-order valence-corrected chi connectivity index (χ3v) is 4.35. The maximum absolute atomic E-state index is 12.2. The monoisotopic (exact) mass is 322 g/mol. The van der Waals surface area contributed by atoms with Gasteiger partial charge in [-0.3, -0.25) is 9.59 Å². The van der Waals surface area contributed by atoms with E-state index in [1.807, 2.05) is 20.0 Å². The average Bonchev–Trinajstić information content (AvgIpc) is 3.27. The van der Waals surface area contributed by atoms with Gasteiger partial charge < -0.3 is 10.2 Å². The van der Waals surface area contributed by atoms with Crippen LogP contribution in [0.4, 0.5) is 5.69 Å². The number of anilines is 1. The third-order valence-electron chi connectivity index (χ3n) is 4.11. The van der Waals surface area contributed by atoms with Crippen LogP contribution in [0.15, 0.2) is 18.2 Å². The van der Waals surface area contributed by atoms with Gasteiger partial charge in [-0.25, -0.2) is 0 Å². The number of amides is 2. The van der Waals surface area contributed by atoms with E-state index in [9.17, 15) is 9.59 Å². The maximum Gasteiger partial charge on any atom is 0.228 e. The average molecular weight is 323 g/mol. The van der Waals surface area contributed by atoms with Crippen LogP contribution in [-0.2, 0) is 9.59 Å². The van der Waals surface area contributed by atoms with Gasteiger partial charge in [0.2, 0.25) is 11.8 Å². The summed E-state index contributed by atoms with van der Waals surface area (Å²) in [5.41, 5.74) is 1.68. The minimum absolute atomic E-state index is 0.0762. The van der Waals surface area contributed by atoms with Crippen LogP contribution < -0.4 is 5.32 Å². The first-order chi connectivity index (χ1) is 10.4. The lowest BCUT2D eigenvalue weighted by atomic mass is 10.2. The summed E-state index contributed by atoms with van der Waals surface area (Å²) in [7, 11) is 1.81. The number of rotatable bonds is 6. The highest BCUT2D eigenvalue weighted by molar-refractivity contribution is 6.30. The van der Waals surface area contributed by atoms with Crippen LogP contribution in [0.3, 0.4) is 0 Å². The maximum atomic E-state index is 12.2. The summed E-state index contributed by atoms with van der Waals surface area (Å²) in [6, 6.07) is 5.35. The Kier molecular flexibility index (Phi) is 5.46. The molecule has 1 aromatic rings. The van der Waals surface area contributed by atoms with Crippen molar-refractivity contribution in [1.29, 1.82) is 0 Å². The fraction of sp³-hybridized carbons (Fsp3) is 0.529. The second kappa shape index (κ2) is 7.14. The van der Waals surface area contributed by atoms with E-state index >= 15 is 0 Å². The van der Waals surface area contributed by atoms with Crippen molar-refractivity contribution in [3.05, 3.63) is 28.8 Å². The number of carbonyl (C=O) groups is 2. The number of nitrogens with zero attached hydrogens (tertiary/aromatic N) is 1. The van der Waals surface area contributed by atoms with Crippen molar-refractivity contribution in [3.63, 3.8) is 0 Å². The standard InChI is InChI=1S/C17H23ClN2O2/c1-4-5-8-20(3)17(22)14-10-13(14)16(21)19-15-7-6-12(18)9-11(15)2/h6-7,9,13-14H,4-5,8,10H2,1-3H3,(H,19,21). The molecule has 5 heteroatoms. The van der Waals surface area contributed by atoms with Crippen LogP contribution in [-0.4, -0.2) is 30.3 Å². The summed E-state index contributed by atoms with van der Waals surface area (Å²) in [4.78, 5) is 26.2. The van der Waals surface area contributed by atoms with Crippen molar-refractivity contribution in [3.8, 4) is 0 Å². The van der Waals surface area contributed by atoms with Gasteiger partial charge in [-0.1, -0.05) is 24.9 Å².